The van der Waals surface area contributed by atoms with E-state index in [0.29, 0.717) is 22.8 Å². The van der Waals surface area contributed by atoms with E-state index < -0.39 is 38.8 Å². The molecule has 1 amide bonds. The highest BCUT2D eigenvalue weighted by atomic mass is 16.6. The van der Waals surface area contributed by atoms with Gasteiger partial charge in [0, 0.05) is 18.1 Å². The molecule has 2 aromatic carbocycles. The molecule has 1 aliphatic carbocycles. The lowest BCUT2D eigenvalue weighted by Crippen LogP contribution is -2.31. The molecule has 4 rings (SSSR count). The summed E-state index contributed by atoms with van der Waals surface area (Å²) >= 11 is 0. The fraction of sp³-hybridized carbons (Fsp3) is 0.238. The van der Waals surface area contributed by atoms with Gasteiger partial charge in [0.05, 0.1) is 35.7 Å². The Hall–Kier alpha value is -4.48. The van der Waals surface area contributed by atoms with Gasteiger partial charge in [-0.25, -0.2) is 5.43 Å². The van der Waals surface area contributed by atoms with Crippen molar-refractivity contribution in [3.05, 3.63) is 67.8 Å². The molecule has 0 saturated carbocycles. The second-order valence-corrected chi connectivity index (χ2v) is 7.46. The van der Waals surface area contributed by atoms with Crippen molar-refractivity contribution in [1.29, 1.82) is 0 Å². The van der Waals surface area contributed by atoms with E-state index in [1.54, 1.807) is 24.3 Å². The van der Waals surface area contributed by atoms with Crippen molar-refractivity contribution < 1.29 is 29.2 Å². The van der Waals surface area contributed by atoms with Gasteiger partial charge in [0.1, 0.15) is 0 Å². The van der Waals surface area contributed by atoms with Crippen LogP contribution in [0.25, 0.3) is 5.57 Å². The number of nitro benzene ring substituents is 2. The Morgan fingerprint density at radius 3 is 2.27 bits per heavy atom. The zero-order valence-corrected chi connectivity index (χ0v) is 17.5. The largest absolute Gasteiger partial charge is 0.497 e. The van der Waals surface area contributed by atoms with E-state index in [0.717, 1.165) is 17.7 Å². The summed E-state index contributed by atoms with van der Waals surface area (Å²) in [4.78, 5) is 33.5. The highest BCUT2D eigenvalue weighted by Gasteiger charge is 2.41. The van der Waals surface area contributed by atoms with Crippen LogP contribution in [-0.2, 0) is 4.79 Å². The summed E-state index contributed by atoms with van der Waals surface area (Å²) in [6.07, 6.45) is 1.81. The Bertz CT molecular complexity index is 1220. The van der Waals surface area contributed by atoms with E-state index in [4.69, 9.17) is 9.47 Å². The smallest absolute Gasteiger partial charge is 0.318 e. The molecule has 2 unspecified atom stereocenters. The summed E-state index contributed by atoms with van der Waals surface area (Å²) in [6, 6.07) is 7.36. The molecular formula is C21H18N4O8. The molecule has 0 radical (unpaired) electrons. The van der Waals surface area contributed by atoms with Crippen molar-refractivity contribution in [3.63, 3.8) is 0 Å². The molecule has 12 heteroatoms. The van der Waals surface area contributed by atoms with Gasteiger partial charge in [-0.05, 0) is 41.3 Å². The molecule has 2 aromatic rings. The number of allylic oxidation sites excluding steroid dienone is 2. The van der Waals surface area contributed by atoms with Crippen LogP contribution in [0.2, 0.25) is 0 Å². The SMILES string of the molecule is COc1ccc(C2CC(c3cc([N+](=O)[O-])c(O)c([N+](=O)[O-])c3)=CC3=NNC(=O)C32)cc1OC. The molecule has 2 atom stereocenters. The van der Waals surface area contributed by atoms with E-state index in [9.17, 15) is 30.1 Å². The maximum absolute atomic E-state index is 12.5. The standard InChI is InChI=1S/C21H18N4O8/c1-32-17-4-3-10(9-18(17)33-2)13-5-11(6-14-19(13)21(27)23-22-14)12-7-15(24(28)29)20(26)16(8-12)25(30)31/h3-4,6-9,13,19,26H,5H2,1-2H3,(H,23,27). The third-order valence-electron chi connectivity index (χ3n) is 5.73. The predicted molar refractivity (Wildman–Crippen MR) is 115 cm³/mol. The lowest BCUT2D eigenvalue weighted by atomic mass is 9.73. The first kappa shape index (κ1) is 21.7. The van der Waals surface area contributed by atoms with Crippen LogP contribution in [0.1, 0.15) is 23.5 Å². The number of rotatable bonds is 6. The molecule has 12 nitrogen and oxygen atoms in total. The number of fused-ring (bicyclic) bond motifs is 1. The number of nitrogens with zero attached hydrogens (tertiary/aromatic N) is 3. The van der Waals surface area contributed by atoms with Crippen LogP contribution < -0.4 is 14.9 Å². The molecule has 1 heterocycles. The van der Waals surface area contributed by atoms with Crippen LogP contribution in [0, 0.1) is 26.1 Å². The van der Waals surface area contributed by atoms with Crippen molar-refractivity contribution in [2.24, 2.45) is 11.0 Å². The Balaban J connectivity index is 1.84. The van der Waals surface area contributed by atoms with Crippen molar-refractivity contribution in [1.82, 2.24) is 5.43 Å². The number of benzene rings is 2. The number of ether oxygens (including phenoxy) is 2. The highest BCUT2D eigenvalue weighted by molar-refractivity contribution is 6.17. The topological polar surface area (TPSA) is 166 Å². The number of hydrazone groups is 1. The maximum atomic E-state index is 12.5. The minimum absolute atomic E-state index is 0.178. The number of methoxy groups -OCH3 is 2. The average molecular weight is 454 g/mol. The number of phenols is 1. The molecule has 33 heavy (non-hydrogen) atoms. The Morgan fingerprint density at radius 2 is 1.70 bits per heavy atom. The monoisotopic (exact) mass is 454 g/mol. The van der Waals surface area contributed by atoms with E-state index >= 15 is 0 Å². The molecule has 170 valence electrons. The molecule has 0 saturated heterocycles. The third kappa shape index (κ3) is 3.71. The number of nitro groups is 2. The van der Waals surface area contributed by atoms with E-state index in [1.165, 1.54) is 14.2 Å². The molecule has 1 aliphatic heterocycles. The normalized spacial score (nSPS) is 19.2. The zero-order chi connectivity index (χ0) is 23.9. The number of aromatic hydroxyl groups is 1. The first-order valence-corrected chi connectivity index (χ1v) is 9.71. The van der Waals surface area contributed by atoms with Crippen LogP contribution >= 0.6 is 0 Å². The summed E-state index contributed by atoms with van der Waals surface area (Å²) < 4.78 is 10.6. The predicted octanol–water partition coefficient (Wildman–Crippen LogP) is 2.90. The Labute approximate surface area is 186 Å². The quantitative estimate of drug-likeness (QED) is 0.496. The van der Waals surface area contributed by atoms with Crippen LogP contribution in [-0.4, -0.2) is 40.8 Å². The maximum Gasteiger partial charge on any atom is 0.318 e. The summed E-state index contributed by atoms with van der Waals surface area (Å²) in [5.74, 6) is -1.41. The van der Waals surface area contributed by atoms with Gasteiger partial charge in [-0.3, -0.25) is 25.0 Å². The number of hydrogen-bond acceptors (Lipinski definition) is 9. The minimum atomic E-state index is -1.02. The number of carbonyl (C=O) groups is 1. The van der Waals surface area contributed by atoms with Gasteiger partial charge in [-0.1, -0.05) is 6.07 Å². The van der Waals surface area contributed by atoms with Crippen molar-refractivity contribution >= 4 is 28.6 Å². The number of nitrogens with one attached hydrogen (secondary N) is 1. The number of phenolic OH excluding ortho intramolecular Hbond substituents is 1. The second-order valence-electron chi connectivity index (χ2n) is 7.46. The second kappa shape index (κ2) is 8.22. The zero-order valence-electron chi connectivity index (χ0n) is 17.5. The van der Waals surface area contributed by atoms with Crippen LogP contribution in [0.4, 0.5) is 11.4 Å². The lowest BCUT2D eigenvalue weighted by molar-refractivity contribution is -0.396. The summed E-state index contributed by atoms with van der Waals surface area (Å²) in [7, 11) is 2.98. The van der Waals surface area contributed by atoms with Crippen LogP contribution in [0.3, 0.4) is 0 Å². The van der Waals surface area contributed by atoms with Crippen LogP contribution in [0.5, 0.6) is 17.2 Å². The Morgan fingerprint density at radius 1 is 1.06 bits per heavy atom. The fourth-order valence-electron chi connectivity index (χ4n) is 4.16. The Kier molecular flexibility index (Phi) is 5.42. The number of hydrogen-bond donors (Lipinski definition) is 2. The molecule has 0 aromatic heterocycles. The van der Waals surface area contributed by atoms with Gasteiger partial charge < -0.3 is 14.6 Å². The molecule has 2 aliphatic rings. The molecule has 0 fully saturated rings. The van der Waals surface area contributed by atoms with Crippen molar-refractivity contribution in [2.45, 2.75) is 12.3 Å². The first-order chi connectivity index (χ1) is 15.7. The molecule has 0 bridgehead atoms. The first-order valence-electron chi connectivity index (χ1n) is 9.71. The highest BCUT2D eigenvalue weighted by Crippen LogP contribution is 2.46. The van der Waals surface area contributed by atoms with Gasteiger partial charge in [0.25, 0.3) is 5.75 Å². The molecule has 2 N–H and O–H groups in total. The van der Waals surface area contributed by atoms with E-state index in [-0.39, 0.29) is 17.9 Å². The van der Waals surface area contributed by atoms with Gasteiger partial charge in [-0.15, -0.1) is 0 Å². The van der Waals surface area contributed by atoms with Crippen molar-refractivity contribution in [3.8, 4) is 17.2 Å². The summed E-state index contributed by atoms with van der Waals surface area (Å²) in [5, 5.41) is 36.8. The summed E-state index contributed by atoms with van der Waals surface area (Å²) in [5.41, 5.74) is 2.68. The number of amides is 1. The number of carbonyl (C=O) groups excluding carboxylic acids is 1. The van der Waals surface area contributed by atoms with Gasteiger partial charge in [0.15, 0.2) is 11.5 Å². The fourth-order valence-corrected chi connectivity index (χ4v) is 4.16. The third-order valence-corrected chi connectivity index (χ3v) is 5.73. The van der Waals surface area contributed by atoms with Crippen molar-refractivity contribution in [2.75, 3.05) is 14.2 Å². The molecule has 0 spiro atoms. The van der Waals surface area contributed by atoms with Gasteiger partial charge >= 0.3 is 11.4 Å². The van der Waals surface area contributed by atoms with Gasteiger partial charge in [-0.2, -0.15) is 5.10 Å². The van der Waals surface area contributed by atoms with E-state index in [1.807, 2.05) is 0 Å². The van der Waals surface area contributed by atoms with Crippen LogP contribution in [0.15, 0.2) is 41.5 Å². The van der Waals surface area contributed by atoms with E-state index in [2.05, 4.69) is 10.5 Å². The summed E-state index contributed by atoms with van der Waals surface area (Å²) in [6.45, 7) is 0. The lowest BCUT2D eigenvalue weighted by Gasteiger charge is -2.28. The minimum Gasteiger partial charge on any atom is -0.497 e. The average Bonchev–Trinajstić information content (AvgIpc) is 3.18. The van der Waals surface area contributed by atoms with Gasteiger partial charge in [0.2, 0.25) is 5.91 Å². The molecular weight excluding hydrogens is 436 g/mol.